The third-order valence-corrected chi connectivity index (χ3v) is 4.01. The summed E-state index contributed by atoms with van der Waals surface area (Å²) < 4.78 is 0. The van der Waals surface area contributed by atoms with E-state index < -0.39 is 12.0 Å². The Labute approximate surface area is 148 Å². The lowest BCUT2D eigenvalue weighted by atomic mass is 10.0. The van der Waals surface area contributed by atoms with Gasteiger partial charge in [-0.25, -0.2) is 4.79 Å². The van der Waals surface area contributed by atoms with Crippen LogP contribution in [0.15, 0.2) is 12.2 Å². The number of amides is 1. The molecule has 0 aromatic rings. The summed E-state index contributed by atoms with van der Waals surface area (Å²) in [5, 5.41) is 11.7. The van der Waals surface area contributed by atoms with E-state index in [1.165, 1.54) is 32.1 Å². The second-order valence-electron chi connectivity index (χ2n) is 7.01. The Morgan fingerprint density at radius 3 is 2.12 bits per heavy atom. The number of hydrogen-bond donors (Lipinski definition) is 2. The van der Waals surface area contributed by atoms with Gasteiger partial charge in [0.05, 0.1) is 0 Å². The largest absolute Gasteiger partial charge is 0.480 e. The Hall–Kier alpha value is -1.32. The van der Waals surface area contributed by atoms with E-state index in [-0.39, 0.29) is 11.8 Å². The van der Waals surface area contributed by atoms with Crippen molar-refractivity contribution in [2.45, 2.75) is 97.4 Å². The maximum Gasteiger partial charge on any atom is 0.326 e. The number of carboxylic acids is 1. The van der Waals surface area contributed by atoms with Crippen LogP contribution in [0.5, 0.6) is 0 Å². The van der Waals surface area contributed by atoms with Crippen molar-refractivity contribution >= 4 is 11.9 Å². The van der Waals surface area contributed by atoms with E-state index in [9.17, 15) is 9.59 Å². The first-order valence-corrected chi connectivity index (χ1v) is 9.64. The standard InChI is InChI=1S/C20H37NO3/c1-4-5-6-7-8-9-10-11-12-13-14-15-19(22)21-18(20(23)24)16-17(2)3/h7-8,17-18H,4-6,9-16H2,1-3H3,(H,21,22)(H,23,24)/b8-7-/t18-/m0/s1. The Balaban J connectivity index is 3.61. The van der Waals surface area contributed by atoms with Gasteiger partial charge in [-0.15, -0.1) is 0 Å². The Morgan fingerprint density at radius 1 is 0.958 bits per heavy atom. The Morgan fingerprint density at radius 2 is 1.54 bits per heavy atom. The highest BCUT2D eigenvalue weighted by Crippen LogP contribution is 2.09. The number of allylic oxidation sites excluding steroid dienone is 2. The van der Waals surface area contributed by atoms with E-state index >= 15 is 0 Å². The molecule has 0 aliphatic rings. The number of rotatable bonds is 15. The summed E-state index contributed by atoms with van der Waals surface area (Å²) in [7, 11) is 0. The topological polar surface area (TPSA) is 66.4 Å². The van der Waals surface area contributed by atoms with Crippen LogP contribution in [-0.4, -0.2) is 23.0 Å². The summed E-state index contributed by atoms with van der Waals surface area (Å²) in [4.78, 5) is 22.9. The molecule has 1 atom stereocenters. The van der Waals surface area contributed by atoms with E-state index in [1.54, 1.807) is 0 Å². The lowest BCUT2D eigenvalue weighted by molar-refractivity contribution is -0.142. The molecule has 0 saturated carbocycles. The van der Waals surface area contributed by atoms with Crippen LogP contribution in [0.25, 0.3) is 0 Å². The molecule has 0 aliphatic carbocycles. The first-order chi connectivity index (χ1) is 11.5. The molecule has 4 heteroatoms. The number of unbranched alkanes of at least 4 members (excludes halogenated alkanes) is 7. The molecular weight excluding hydrogens is 302 g/mol. The molecule has 0 rings (SSSR count). The van der Waals surface area contributed by atoms with Crippen molar-refractivity contribution in [3.63, 3.8) is 0 Å². The van der Waals surface area contributed by atoms with Gasteiger partial charge in [0.25, 0.3) is 0 Å². The van der Waals surface area contributed by atoms with Gasteiger partial charge in [0, 0.05) is 6.42 Å². The molecule has 0 saturated heterocycles. The van der Waals surface area contributed by atoms with E-state index in [1.807, 2.05) is 13.8 Å². The van der Waals surface area contributed by atoms with Crippen molar-refractivity contribution < 1.29 is 14.7 Å². The fourth-order valence-corrected chi connectivity index (χ4v) is 2.60. The van der Waals surface area contributed by atoms with Gasteiger partial charge in [-0.05, 0) is 38.0 Å². The molecule has 0 aliphatic heterocycles. The van der Waals surface area contributed by atoms with Crippen molar-refractivity contribution in [2.24, 2.45) is 5.92 Å². The predicted octanol–water partition coefficient (Wildman–Crippen LogP) is 5.08. The molecule has 24 heavy (non-hydrogen) atoms. The zero-order chi connectivity index (χ0) is 18.2. The minimum absolute atomic E-state index is 0.137. The quantitative estimate of drug-likeness (QED) is 0.323. The molecule has 0 aromatic heterocycles. The van der Waals surface area contributed by atoms with Gasteiger partial charge in [-0.3, -0.25) is 4.79 Å². The molecule has 1 amide bonds. The lowest BCUT2D eigenvalue weighted by Gasteiger charge is -2.16. The van der Waals surface area contributed by atoms with Gasteiger partial charge >= 0.3 is 5.97 Å². The molecule has 0 unspecified atom stereocenters. The monoisotopic (exact) mass is 339 g/mol. The van der Waals surface area contributed by atoms with Gasteiger partial charge in [0.15, 0.2) is 0 Å². The lowest BCUT2D eigenvalue weighted by Crippen LogP contribution is -2.41. The summed E-state index contributed by atoms with van der Waals surface area (Å²) >= 11 is 0. The second kappa shape index (κ2) is 15.2. The molecule has 2 N–H and O–H groups in total. The van der Waals surface area contributed by atoms with Crippen molar-refractivity contribution in [2.75, 3.05) is 0 Å². The summed E-state index contributed by atoms with van der Waals surface area (Å²) in [5.74, 6) is -0.826. The van der Waals surface area contributed by atoms with Crippen LogP contribution in [0.2, 0.25) is 0 Å². The van der Waals surface area contributed by atoms with E-state index in [2.05, 4.69) is 24.4 Å². The molecular formula is C20H37NO3. The van der Waals surface area contributed by atoms with Crippen LogP contribution in [0.4, 0.5) is 0 Å². The normalized spacial score (nSPS) is 12.7. The van der Waals surface area contributed by atoms with Gasteiger partial charge in [0.2, 0.25) is 5.91 Å². The van der Waals surface area contributed by atoms with Crippen molar-refractivity contribution in [1.82, 2.24) is 5.32 Å². The maximum absolute atomic E-state index is 11.8. The van der Waals surface area contributed by atoms with E-state index in [4.69, 9.17) is 5.11 Å². The first-order valence-electron chi connectivity index (χ1n) is 9.64. The van der Waals surface area contributed by atoms with Crippen LogP contribution in [0.1, 0.15) is 91.4 Å². The molecule has 4 nitrogen and oxygen atoms in total. The molecule has 0 fully saturated rings. The SMILES string of the molecule is CCCC/C=C\CCCCCCCC(=O)N[C@@H](CC(C)C)C(=O)O. The third-order valence-electron chi connectivity index (χ3n) is 4.01. The first kappa shape index (κ1) is 22.7. The number of aliphatic carboxylic acids is 1. The maximum atomic E-state index is 11.8. The Bertz CT molecular complexity index is 364. The molecule has 0 heterocycles. The number of carbonyl (C=O) groups is 2. The van der Waals surface area contributed by atoms with Gasteiger partial charge in [-0.2, -0.15) is 0 Å². The number of carboxylic acid groups (broad SMARTS) is 1. The average molecular weight is 340 g/mol. The fraction of sp³-hybridized carbons (Fsp3) is 0.800. The van der Waals surface area contributed by atoms with Gasteiger partial charge < -0.3 is 10.4 Å². The van der Waals surface area contributed by atoms with Crippen molar-refractivity contribution in [3.8, 4) is 0 Å². The number of carbonyl (C=O) groups excluding carboxylic acids is 1. The average Bonchev–Trinajstić information content (AvgIpc) is 2.51. The van der Waals surface area contributed by atoms with Gasteiger partial charge in [0.1, 0.15) is 6.04 Å². The zero-order valence-corrected chi connectivity index (χ0v) is 15.9. The van der Waals surface area contributed by atoms with Crippen molar-refractivity contribution in [3.05, 3.63) is 12.2 Å². The smallest absolute Gasteiger partial charge is 0.326 e. The van der Waals surface area contributed by atoms with E-state index in [0.29, 0.717) is 12.8 Å². The van der Waals surface area contributed by atoms with Crippen LogP contribution in [0.3, 0.4) is 0 Å². The predicted molar refractivity (Wildman–Crippen MR) is 100 cm³/mol. The third kappa shape index (κ3) is 14.3. The second-order valence-corrected chi connectivity index (χ2v) is 7.01. The highest BCUT2D eigenvalue weighted by molar-refractivity contribution is 5.83. The van der Waals surface area contributed by atoms with Crippen molar-refractivity contribution in [1.29, 1.82) is 0 Å². The summed E-state index contributed by atoms with van der Waals surface area (Å²) in [5.41, 5.74) is 0. The van der Waals surface area contributed by atoms with Crippen LogP contribution >= 0.6 is 0 Å². The summed E-state index contributed by atoms with van der Waals surface area (Å²) in [6.07, 6.45) is 15.8. The van der Waals surface area contributed by atoms with Crippen LogP contribution in [0, 0.1) is 5.92 Å². The highest BCUT2D eigenvalue weighted by Gasteiger charge is 2.20. The van der Waals surface area contributed by atoms with Crippen LogP contribution in [-0.2, 0) is 9.59 Å². The zero-order valence-electron chi connectivity index (χ0n) is 15.9. The van der Waals surface area contributed by atoms with E-state index in [0.717, 1.165) is 25.7 Å². The highest BCUT2D eigenvalue weighted by atomic mass is 16.4. The Kier molecular flexibility index (Phi) is 14.4. The summed E-state index contributed by atoms with van der Waals surface area (Å²) in [6.45, 7) is 6.13. The van der Waals surface area contributed by atoms with Gasteiger partial charge in [-0.1, -0.05) is 65.0 Å². The molecule has 0 spiro atoms. The molecule has 0 radical (unpaired) electrons. The minimum atomic E-state index is -0.941. The minimum Gasteiger partial charge on any atom is -0.480 e. The molecule has 0 aromatic carbocycles. The number of nitrogens with one attached hydrogen (secondary N) is 1. The van der Waals surface area contributed by atoms with Crippen LogP contribution < -0.4 is 5.32 Å². The summed E-state index contributed by atoms with van der Waals surface area (Å²) in [6, 6.07) is -0.753. The molecule has 0 bridgehead atoms. The number of hydrogen-bond acceptors (Lipinski definition) is 2. The molecule has 140 valence electrons. The fourth-order valence-electron chi connectivity index (χ4n) is 2.60.